The van der Waals surface area contributed by atoms with Crippen molar-refractivity contribution in [2.45, 2.75) is 70.5 Å². The summed E-state index contributed by atoms with van der Waals surface area (Å²) in [5.74, 6) is 0.805. The summed E-state index contributed by atoms with van der Waals surface area (Å²) in [5, 5.41) is 22.2. The van der Waals surface area contributed by atoms with Crippen LogP contribution in [0.4, 0.5) is 0 Å². The monoisotopic (exact) mass is 302 g/mol. The van der Waals surface area contributed by atoms with Crippen molar-refractivity contribution in [3.8, 4) is 0 Å². The summed E-state index contributed by atoms with van der Waals surface area (Å²) >= 11 is 0. The van der Waals surface area contributed by atoms with Gasteiger partial charge in [-0.2, -0.15) is 0 Å². The Morgan fingerprint density at radius 3 is 2.86 bits per heavy atom. The highest BCUT2D eigenvalue weighted by atomic mass is 16.3. The quantitative estimate of drug-likeness (QED) is 0.723. The van der Waals surface area contributed by atoms with Crippen LogP contribution in [0, 0.1) is 17.3 Å². The van der Waals surface area contributed by atoms with E-state index in [9.17, 15) is 15.0 Å². The van der Waals surface area contributed by atoms with Gasteiger partial charge in [-0.1, -0.05) is 12.5 Å². The maximum atomic E-state index is 11.8. The van der Waals surface area contributed by atoms with E-state index in [0.29, 0.717) is 18.8 Å². The van der Waals surface area contributed by atoms with Gasteiger partial charge < -0.3 is 10.2 Å². The molecule has 22 heavy (non-hydrogen) atoms. The number of carbonyl (C=O) groups excluding carboxylic acids is 1. The molecule has 4 rings (SSSR count). The van der Waals surface area contributed by atoms with E-state index in [-0.39, 0.29) is 17.1 Å². The molecule has 0 saturated heterocycles. The molecule has 120 valence electrons. The minimum Gasteiger partial charge on any atom is -0.392 e. The number of aliphatic hydroxyl groups excluding tert-OH is 1. The first-order valence-electron chi connectivity index (χ1n) is 8.72. The summed E-state index contributed by atoms with van der Waals surface area (Å²) in [5.41, 5.74) is 2.43. The van der Waals surface area contributed by atoms with Gasteiger partial charge in [0, 0.05) is 17.8 Å². The van der Waals surface area contributed by atoms with Gasteiger partial charge in [0.2, 0.25) is 0 Å². The van der Waals surface area contributed by atoms with Crippen molar-refractivity contribution in [3.05, 3.63) is 22.8 Å². The van der Waals surface area contributed by atoms with Crippen LogP contribution in [-0.4, -0.2) is 27.7 Å². The van der Waals surface area contributed by atoms with Gasteiger partial charge in [0.25, 0.3) is 0 Å². The lowest BCUT2D eigenvalue weighted by Gasteiger charge is -2.56. The Bertz CT molecular complexity index is 602. The Labute approximate surface area is 132 Å². The second-order valence-electron chi connectivity index (χ2n) is 8.16. The summed E-state index contributed by atoms with van der Waals surface area (Å²) in [6.45, 7) is 4.17. The summed E-state index contributed by atoms with van der Waals surface area (Å²) < 4.78 is 0. The van der Waals surface area contributed by atoms with Crippen LogP contribution < -0.4 is 0 Å². The first kappa shape index (κ1) is 14.6. The molecule has 0 spiro atoms. The van der Waals surface area contributed by atoms with Crippen LogP contribution in [0.1, 0.15) is 58.8 Å². The van der Waals surface area contributed by atoms with Crippen LogP contribution in [0.2, 0.25) is 0 Å². The molecule has 0 aromatic rings. The smallest absolute Gasteiger partial charge is 0.156 e. The summed E-state index contributed by atoms with van der Waals surface area (Å²) in [6, 6.07) is 0. The van der Waals surface area contributed by atoms with E-state index >= 15 is 0 Å². The molecule has 3 heteroatoms. The molecule has 0 radical (unpaired) electrons. The lowest BCUT2D eigenvalue weighted by molar-refractivity contribution is -0.162. The zero-order valence-electron chi connectivity index (χ0n) is 13.6. The van der Waals surface area contributed by atoms with Crippen LogP contribution in [0.5, 0.6) is 0 Å². The predicted octanol–water partition coefficient (Wildman–Crippen LogP) is 2.91. The number of aliphatic hydroxyl groups is 2. The minimum atomic E-state index is -0.770. The Hall–Kier alpha value is -0.930. The molecule has 2 N–H and O–H groups in total. The van der Waals surface area contributed by atoms with Gasteiger partial charge in [-0.3, -0.25) is 4.79 Å². The molecule has 2 fully saturated rings. The highest BCUT2D eigenvalue weighted by Crippen LogP contribution is 2.62. The molecule has 4 aliphatic carbocycles. The maximum Gasteiger partial charge on any atom is 0.156 e. The standard InChI is InChI=1S/C19H26O3/c1-11-14-9-13(20)5-4-12(14)8-16-15(11)10-17(21)18(2)6-3-7-19(16,18)22/h9,12,16-17,21-22H,3-8,10H2,1-2H3/t12?,16?,17?,18-,19?/m1/s1. The number of rotatable bonds is 0. The molecule has 0 bridgehead atoms. The maximum absolute atomic E-state index is 11.8. The molecule has 5 atom stereocenters. The third-order valence-corrected chi connectivity index (χ3v) is 7.32. The molecule has 4 aliphatic rings. The number of hydrogen-bond donors (Lipinski definition) is 2. The second-order valence-corrected chi connectivity index (χ2v) is 8.16. The third kappa shape index (κ3) is 1.67. The largest absolute Gasteiger partial charge is 0.392 e. The second kappa shape index (κ2) is 4.55. The topological polar surface area (TPSA) is 57.5 Å². The van der Waals surface area contributed by atoms with Crippen LogP contribution in [0.3, 0.4) is 0 Å². The van der Waals surface area contributed by atoms with Gasteiger partial charge in [0.1, 0.15) is 0 Å². The Morgan fingerprint density at radius 2 is 2.09 bits per heavy atom. The van der Waals surface area contributed by atoms with E-state index in [4.69, 9.17) is 0 Å². The van der Waals surface area contributed by atoms with Gasteiger partial charge >= 0.3 is 0 Å². The van der Waals surface area contributed by atoms with Crippen LogP contribution in [-0.2, 0) is 4.79 Å². The fraction of sp³-hybridized carbons (Fsp3) is 0.737. The SMILES string of the molecule is CC1=C2CC(O)[C@@]3(C)CCCC3(O)C2CC2CCC(=O)C=C12. The number of ketones is 1. The molecule has 2 saturated carbocycles. The van der Waals surface area contributed by atoms with E-state index < -0.39 is 11.7 Å². The van der Waals surface area contributed by atoms with Crippen molar-refractivity contribution in [1.82, 2.24) is 0 Å². The molecule has 0 heterocycles. The van der Waals surface area contributed by atoms with Crippen molar-refractivity contribution in [2.75, 3.05) is 0 Å². The normalized spacial score (nSPS) is 47.7. The highest BCUT2D eigenvalue weighted by Gasteiger charge is 2.63. The lowest BCUT2D eigenvalue weighted by atomic mass is 9.53. The van der Waals surface area contributed by atoms with E-state index in [1.54, 1.807) is 0 Å². The lowest BCUT2D eigenvalue weighted by Crippen LogP contribution is -2.59. The van der Waals surface area contributed by atoms with Gasteiger partial charge in [-0.05, 0) is 68.6 Å². The van der Waals surface area contributed by atoms with E-state index in [2.05, 4.69) is 13.8 Å². The molecule has 0 aromatic heterocycles. The molecular formula is C19H26O3. The predicted molar refractivity (Wildman–Crippen MR) is 84.2 cm³/mol. The fourth-order valence-corrected chi connectivity index (χ4v) is 5.83. The number of carbonyl (C=O) groups is 1. The number of hydrogen-bond acceptors (Lipinski definition) is 3. The van der Waals surface area contributed by atoms with Crippen molar-refractivity contribution in [3.63, 3.8) is 0 Å². The number of allylic oxidation sites excluding steroid dienone is 3. The Kier molecular flexibility index (Phi) is 3.03. The van der Waals surface area contributed by atoms with Crippen LogP contribution in [0.15, 0.2) is 22.8 Å². The minimum absolute atomic E-state index is 0.166. The van der Waals surface area contributed by atoms with Crippen molar-refractivity contribution < 1.29 is 15.0 Å². The molecule has 0 aromatic carbocycles. The Balaban J connectivity index is 1.85. The average Bonchev–Trinajstić information content (AvgIpc) is 2.80. The van der Waals surface area contributed by atoms with Crippen molar-refractivity contribution >= 4 is 5.78 Å². The molecule has 0 amide bonds. The fourth-order valence-electron chi connectivity index (χ4n) is 5.83. The first-order valence-corrected chi connectivity index (χ1v) is 8.72. The van der Waals surface area contributed by atoms with Crippen molar-refractivity contribution in [1.29, 1.82) is 0 Å². The molecule has 3 nitrogen and oxygen atoms in total. The summed E-state index contributed by atoms with van der Waals surface area (Å²) in [6.07, 6.45) is 7.23. The van der Waals surface area contributed by atoms with Gasteiger partial charge in [0.15, 0.2) is 5.78 Å². The zero-order chi connectivity index (χ0) is 15.7. The van der Waals surface area contributed by atoms with Gasteiger partial charge in [-0.25, -0.2) is 0 Å². The molecule has 0 aliphatic heterocycles. The number of fused-ring (bicyclic) bond motifs is 4. The highest BCUT2D eigenvalue weighted by molar-refractivity contribution is 5.92. The van der Waals surface area contributed by atoms with Gasteiger partial charge in [-0.15, -0.1) is 0 Å². The molecular weight excluding hydrogens is 276 g/mol. The van der Waals surface area contributed by atoms with E-state index in [1.807, 2.05) is 6.08 Å². The van der Waals surface area contributed by atoms with E-state index in [1.165, 1.54) is 16.7 Å². The third-order valence-electron chi connectivity index (χ3n) is 7.32. The Morgan fingerprint density at radius 1 is 1.32 bits per heavy atom. The van der Waals surface area contributed by atoms with Crippen LogP contribution >= 0.6 is 0 Å². The van der Waals surface area contributed by atoms with Crippen LogP contribution in [0.25, 0.3) is 0 Å². The van der Waals surface area contributed by atoms with E-state index in [0.717, 1.165) is 32.1 Å². The average molecular weight is 302 g/mol. The molecule has 4 unspecified atom stereocenters. The van der Waals surface area contributed by atoms with Crippen molar-refractivity contribution in [2.24, 2.45) is 17.3 Å². The zero-order valence-corrected chi connectivity index (χ0v) is 13.6. The summed E-state index contributed by atoms with van der Waals surface area (Å²) in [7, 11) is 0. The first-order chi connectivity index (χ1) is 10.4. The summed E-state index contributed by atoms with van der Waals surface area (Å²) in [4.78, 5) is 11.8. The van der Waals surface area contributed by atoms with Gasteiger partial charge in [0.05, 0.1) is 11.7 Å².